The maximum absolute atomic E-state index is 14.0. The summed E-state index contributed by atoms with van der Waals surface area (Å²) < 4.78 is 52.6. The molecule has 5 nitrogen and oxygen atoms in total. The predicted octanol–water partition coefficient (Wildman–Crippen LogP) is 5.78. The van der Waals surface area contributed by atoms with Gasteiger partial charge in [-0.15, -0.1) is 0 Å². The van der Waals surface area contributed by atoms with Gasteiger partial charge >= 0.3 is 12.2 Å². The number of rotatable bonds is 6. The lowest BCUT2D eigenvalue weighted by Crippen LogP contribution is -2.50. The van der Waals surface area contributed by atoms with E-state index in [1.165, 1.54) is 4.90 Å². The summed E-state index contributed by atoms with van der Waals surface area (Å²) in [5, 5.41) is 3.34. The average Bonchev–Trinajstić information content (AvgIpc) is 3.27. The van der Waals surface area contributed by atoms with Crippen LogP contribution in [0.25, 0.3) is 0 Å². The number of likely N-dealkylation sites (tertiary alicyclic amines) is 1. The van der Waals surface area contributed by atoms with Gasteiger partial charge in [0.2, 0.25) is 5.91 Å². The van der Waals surface area contributed by atoms with E-state index in [0.29, 0.717) is 43.4 Å². The van der Waals surface area contributed by atoms with Crippen LogP contribution in [-0.2, 0) is 17.5 Å². The van der Waals surface area contributed by atoms with Crippen LogP contribution in [0.5, 0.6) is 0 Å². The van der Waals surface area contributed by atoms with Crippen LogP contribution < -0.4 is 5.32 Å². The van der Waals surface area contributed by atoms with Crippen molar-refractivity contribution in [2.24, 2.45) is 0 Å². The molecule has 1 N–H and O–H groups in total. The lowest BCUT2D eigenvalue weighted by molar-refractivity contribution is -0.140. The van der Waals surface area contributed by atoms with Crippen LogP contribution in [-0.4, -0.2) is 41.4 Å². The minimum Gasteiger partial charge on any atom is -0.340 e. The molecule has 0 aliphatic carbocycles. The maximum atomic E-state index is 14.0. The molecule has 2 atom stereocenters. The fourth-order valence-electron chi connectivity index (χ4n) is 4.09. The summed E-state index contributed by atoms with van der Waals surface area (Å²) in [6.07, 6.45) is -3.32. The predicted molar refractivity (Wildman–Crippen MR) is 121 cm³/mol. The van der Waals surface area contributed by atoms with Crippen LogP contribution in [0.3, 0.4) is 0 Å². The number of alkyl halides is 3. The van der Waals surface area contributed by atoms with Crippen molar-refractivity contribution in [3.05, 3.63) is 70.0 Å². The number of nitrogens with one attached hydrogen (secondary N) is 1. The minimum atomic E-state index is -4.80. The molecule has 2 aromatic carbocycles. The molecule has 0 bridgehead atoms. The highest BCUT2D eigenvalue weighted by atomic mass is 35.5. The SMILES string of the molecule is CC[C@H](NC(=O)N1CCC[C@@H]1C(=O)N(C)Cc1ccc(Cl)cc1)c1ccc(C(F)(F)F)c(F)c1. The summed E-state index contributed by atoms with van der Waals surface area (Å²) in [5.41, 5.74) is -0.237. The summed E-state index contributed by atoms with van der Waals surface area (Å²) in [4.78, 5) is 29.0. The fraction of sp³-hybridized carbons (Fsp3) is 0.417. The van der Waals surface area contributed by atoms with Crippen LogP contribution >= 0.6 is 11.6 Å². The van der Waals surface area contributed by atoms with Crippen LogP contribution in [0, 0.1) is 5.82 Å². The molecular formula is C24H26ClF4N3O2. The molecule has 1 fully saturated rings. The number of carbonyl (C=O) groups is 2. The smallest absolute Gasteiger partial charge is 0.340 e. The third kappa shape index (κ3) is 6.00. The van der Waals surface area contributed by atoms with Gasteiger partial charge in [0.1, 0.15) is 11.9 Å². The molecule has 3 rings (SSSR count). The van der Waals surface area contributed by atoms with Crippen molar-refractivity contribution in [1.29, 1.82) is 0 Å². The normalized spacial score (nSPS) is 16.9. The van der Waals surface area contributed by atoms with Gasteiger partial charge in [0.05, 0.1) is 11.6 Å². The van der Waals surface area contributed by atoms with Crippen LogP contribution in [0.1, 0.15) is 48.9 Å². The molecule has 2 aromatic rings. The lowest BCUT2D eigenvalue weighted by Gasteiger charge is -2.30. The zero-order chi connectivity index (χ0) is 25.0. The topological polar surface area (TPSA) is 52.7 Å². The number of hydrogen-bond donors (Lipinski definition) is 1. The number of nitrogens with zero attached hydrogens (tertiary/aromatic N) is 2. The van der Waals surface area contributed by atoms with E-state index < -0.39 is 35.7 Å². The van der Waals surface area contributed by atoms with E-state index in [4.69, 9.17) is 11.6 Å². The molecule has 10 heteroatoms. The van der Waals surface area contributed by atoms with Gasteiger partial charge in [-0.1, -0.05) is 36.7 Å². The van der Waals surface area contributed by atoms with Gasteiger partial charge in [-0.2, -0.15) is 13.2 Å². The Kier molecular flexibility index (Phi) is 8.07. The summed E-state index contributed by atoms with van der Waals surface area (Å²) in [5.74, 6) is -1.60. The fourth-order valence-corrected chi connectivity index (χ4v) is 4.22. The molecule has 0 aromatic heterocycles. The highest BCUT2D eigenvalue weighted by molar-refractivity contribution is 6.30. The Labute approximate surface area is 200 Å². The number of amides is 3. The van der Waals surface area contributed by atoms with Crippen molar-refractivity contribution in [2.75, 3.05) is 13.6 Å². The van der Waals surface area contributed by atoms with Gasteiger partial charge in [-0.25, -0.2) is 9.18 Å². The van der Waals surface area contributed by atoms with E-state index >= 15 is 0 Å². The van der Waals surface area contributed by atoms with Crippen molar-refractivity contribution in [2.45, 2.75) is 51.0 Å². The molecule has 1 saturated heterocycles. The highest BCUT2D eigenvalue weighted by Crippen LogP contribution is 2.33. The van der Waals surface area contributed by atoms with Gasteiger partial charge < -0.3 is 15.1 Å². The molecule has 34 heavy (non-hydrogen) atoms. The summed E-state index contributed by atoms with van der Waals surface area (Å²) >= 11 is 5.90. The molecule has 0 spiro atoms. The first-order chi connectivity index (χ1) is 16.0. The molecular weight excluding hydrogens is 474 g/mol. The molecule has 1 heterocycles. The van der Waals surface area contributed by atoms with E-state index in [0.717, 1.165) is 17.7 Å². The Balaban J connectivity index is 1.68. The van der Waals surface area contributed by atoms with E-state index in [2.05, 4.69) is 5.32 Å². The van der Waals surface area contributed by atoms with Gasteiger partial charge in [0.25, 0.3) is 0 Å². The van der Waals surface area contributed by atoms with Crippen LogP contribution in [0.4, 0.5) is 22.4 Å². The Bertz CT molecular complexity index is 1030. The number of halogens is 5. The Morgan fingerprint density at radius 2 is 1.88 bits per heavy atom. The first-order valence-electron chi connectivity index (χ1n) is 10.9. The number of hydrogen-bond acceptors (Lipinski definition) is 2. The van der Waals surface area contributed by atoms with Crippen molar-refractivity contribution in [3.63, 3.8) is 0 Å². The second kappa shape index (κ2) is 10.6. The average molecular weight is 500 g/mol. The number of carbonyl (C=O) groups excluding carboxylic acids is 2. The van der Waals surface area contributed by atoms with Crippen LogP contribution in [0.15, 0.2) is 42.5 Å². The first-order valence-corrected chi connectivity index (χ1v) is 11.3. The summed E-state index contributed by atoms with van der Waals surface area (Å²) in [6.45, 7) is 2.45. The second-order valence-corrected chi connectivity index (χ2v) is 8.76. The Hall–Kier alpha value is -2.81. The largest absolute Gasteiger partial charge is 0.419 e. The molecule has 0 saturated carbocycles. The van der Waals surface area contributed by atoms with Crippen molar-refractivity contribution in [1.82, 2.24) is 15.1 Å². The Morgan fingerprint density at radius 3 is 2.47 bits per heavy atom. The second-order valence-electron chi connectivity index (χ2n) is 8.32. The standard InChI is InChI=1S/C24H26ClF4N3O2/c1-3-20(16-8-11-18(19(26)13-16)24(27,28)29)30-23(34)32-12-4-5-21(32)22(33)31(2)14-15-6-9-17(25)10-7-15/h6-11,13,20-21H,3-5,12,14H2,1-2H3,(H,30,34)/t20-,21+/m0/s1. The molecule has 3 amide bonds. The van der Waals surface area contributed by atoms with Crippen molar-refractivity contribution >= 4 is 23.5 Å². The van der Waals surface area contributed by atoms with Gasteiger partial charge in [0, 0.05) is 25.2 Å². The van der Waals surface area contributed by atoms with E-state index in [9.17, 15) is 27.2 Å². The number of benzene rings is 2. The quantitative estimate of drug-likeness (QED) is 0.512. The third-order valence-corrected chi connectivity index (χ3v) is 6.17. The summed E-state index contributed by atoms with van der Waals surface area (Å²) in [7, 11) is 1.66. The van der Waals surface area contributed by atoms with Crippen LogP contribution in [0.2, 0.25) is 5.02 Å². The van der Waals surface area contributed by atoms with Crippen molar-refractivity contribution < 1.29 is 27.2 Å². The molecule has 0 radical (unpaired) electrons. The zero-order valence-electron chi connectivity index (χ0n) is 18.8. The monoisotopic (exact) mass is 499 g/mol. The van der Waals surface area contributed by atoms with E-state index in [1.807, 2.05) is 12.1 Å². The maximum Gasteiger partial charge on any atom is 0.419 e. The van der Waals surface area contributed by atoms with Gasteiger partial charge in [0.15, 0.2) is 0 Å². The summed E-state index contributed by atoms with van der Waals surface area (Å²) in [6, 6.07) is 7.87. The molecule has 184 valence electrons. The zero-order valence-corrected chi connectivity index (χ0v) is 19.6. The third-order valence-electron chi connectivity index (χ3n) is 5.91. The Morgan fingerprint density at radius 1 is 1.21 bits per heavy atom. The highest BCUT2D eigenvalue weighted by Gasteiger charge is 2.37. The van der Waals surface area contributed by atoms with E-state index in [-0.39, 0.29) is 11.5 Å². The molecule has 0 unspecified atom stereocenters. The van der Waals surface area contributed by atoms with Crippen molar-refractivity contribution in [3.8, 4) is 0 Å². The molecule has 1 aliphatic rings. The lowest BCUT2D eigenvalue weighted by atomic mass is 10.0. The van der Waals surface area contributed by atoms with E-state index in [1.54, 1.807) is 31.0 Å². The first kappa shape index (κ1) is 25.8. The van der Waals surface area contributed by atoms with Gasteiger partial charge in [-0.05, 0) is 54.7 Å². The molecule has 1 aliphatic heterocycles. The minimum absolute atomic E-state index is 0.212. The van der Waals surface area contributed by atoms with Gasteiger partial charge in [-0.3, -0.25) is 4.79 Å². The number of likely N-dealkylation sites (N-methyl/N-ethyl adjacent to an activating group) is 1. The number of urea groups is 1.